The fourth-order valence-corrected chi connectivity index (χ4v) is 3.47. The van der Waals surface area contributed by atoms with Crippen LogP contribution in [0.5, 0.6) is 5.75 Å². The van der Waals surface area contributed by atoms with Crippen molar-refractivity contribution >= 4 is 16.9 Å². The lowest BCUT2D eigenvalue weighted by molar-refractivity contribution is -0.137. The van der Waals surface area contributed by atoms with Crippen molar-refractivity contribution in [1.82, 2.24) is 4.90 Å². The molecule has 1 N–H and O–H groups in total. The minimum Gasteiger partial charge on any atom is -0.489 e. The minimum absolute atomic E-state index is 0.0906. The molecule has 21 heavy (non-hydrogen) atoms. The Balaban J connectivity index is 1.69. The Morgan fingerprint density at radius 1 is 1.43 bits per heavy atom. The van der Waals surface area contributed by atoms with E-state index in [0.717, 1.165) is 17.3 Å². The number of ether oxygens (including phenoxy) is 1. The fraction of sp³-hybridized carbons (Fsp3) is 0.462. The quantitative estimate of drug-likeness (QED) is 0.928. The lowest BCUT2D eigenvalue weighted by Gasteiger charge is -2.31. The van der Waals surface area contributed by atoms with Crippen LogP contribution < -0.4 is 4.74 Å². The molecule has 1 aromatic rings. The lowest BCUT2D eigenvalue weighted by atomic mass is 10.2. The Labute approximate surface area is 123 Å². The molecule has 114 valence electrons. The van der Waals surface area contributed by atoms with Crippen LogP contribution in [-0.2, 0) is 6.18 Å². The van der Waals surface area contributed by atoms with Gasteiger partial charge in [0.15, 0.2) is 10.9 Å². The summed E-state index contributed by atoms with van der Waals surface area (Å²) in [5, 5.41) is 11.3. The zero-order valence-corrected chi connectivity index (χ0v) is 11.7. The topological polar surface area (TPSA) is 45.1 Å². The maximum atomic E-state index is 12.6. The van der Waals surface area contributed by atoms with Crippen molar-refractivity contribution in [2.75, 3.05) is 25.4 Å². The van der Waals surface area contributed by atoms with Gasteiger partial charge in [0.05, 0.1) is 17.9 Å². The Bertz CT molecular complexity index is 579. The smallest absolute Gasteiger partial charge is 0.416 e. The van der Waals surface area contributed by atoms with Gasteiger partial charge < -0.3 is 14.7 Å². The first-order valence-electron chi connectivity index (χ1n) is 6.36. The number of aliphatic hydroxyl groups is 1. The predicted octanol–water partition coefficient (Wildman–Crippen LogP) is 2.19. The first kappa shape index (κ1) is 14.5. The molecule has 1 atom stereocenters. The molecule has 0 bridgehead atoms. The molecule has 0 saturated carbocycles. The number of fused-ring (bicyclic) bond motifs is 1. The fourth-order valence-electron chi connectivity index (χ4n) is 2.28. The summed E-state index contributed by atoms with van der Waals surface area (Å²) in [7, 11) is 0. The largest absolute Gasteiger partial charge is 0.489 e. The molecule has 4 nitrogen and oxygen atoms in total. The molecule has 8 heteroatoms. The molecule has 0 radical (unpaired) electrons. The molecular formula is C13H13F3N2O2S. The molecule has 0 aromatic heterocycles. The second-order valence-electron chi connectivity index (χ2n) is 4.90. The van der Waals surface area contributed by atoms with E-state index in [1.54, 1.807) is 4.90 Å². The number of hydrogen-bond acceptors (Lipinski definition) is 5. The second kappa shape index (κ2) is 5.10. The highest BCUT2D eigenvalue weighted by atomic mass is 32.2. The van der Waals surface area contributed by atoms with Gasteiger partial charge in [0.2, 0.25) is 0 Å². The minimum atomic E-state index is -4.41. The van der Waals surface area contributed by atoms with Crippen molar-refractivity contribution in [3.8, 4) is 5.75 Å². The summed E-state index contributed by atoms with van der Waals surface area (Å²) >= 11 is 1.43. The van der Waals surface area contributed by atoms with Crippen LogP contribution in [0.2, 0.25) is 0 Å². The van der Waals surface area contributed by atoms with E-state index in [-0.39, 0.29) is 12.4 Å². The van der Waals surface area contributed by atoms with E-state index in [9.17, 15) is 18.3 Å². The summed E-state index contributed by atoms with van der Waals surface area (Å²) in [6.07, 6.45) is -4.41. The number of hydrogen-bond donors (Lipinski definition) is 1. The van der Waals surface area contributed by atoms with Crippen LogP contribution in [0.1, 0.15) is 5.56 Å². The maximum absolute atomic E-state index is 12.6. The number of benzene rings is 1. The number of nitrogens with zero attached hydrogens (tertiary/aromatic N) is 2. The summed E-state index contributed by atoms with van der Waals surface area (Å²) in [6, 6.07) is 4.65. The normalized spacial score (nSPS) is 25.0. The highest BCUT2D eigenvalue weighted by Crippen LogP contribution is 2.35. The number of amidine groups is 1. The summed E-state index contributed by atoms with van der Waals surface area (Å²) in [6.45, 7) is 1.12. The number of thioether (sulfide) groups is 1. The SMILES string of the molecule is OC1(COc2cccc(C(F)(F)F)c2)CSC2=NCCN21. The van der Waals surface area contributed by atoms with Gasteiger partial charge in [-0.25, -0.2) is 0 Å². The Morgan fingerprint density at radius 3 is 3.00 bits per heavy atom. The first-order valence-corrected chi connectivity index (χ1v) is 7.34. The van der Waals surface area contributed by atoms with Gasteiger partial charge in [-0.2, -0.15) is 13.2 Å². The van der Waals surface area contributed by atoms with Gasteiger partial charge in [0.25, 0.3) is 0 Å². The zero-order valence-electron chi connectivity index (χ0n) is 10.9. The molecular weight excluding hydrogens is 305 g/mol. The molecule has 3 rings (SSSR count). The maximum Gasteiger partial charge on any atom is 0.416 e. The van der Waals surface area contributed by atoms with Crippen molar-refractivity contribution < 1.29 is 23.0 Å². The third-order valence-corrected chi connectivity index (χ3v) is 4.58. The average Bonchev–Trinajstić information content (AvgIpc) is 3.01. The molecule has 2 heterocycles. The Morgan fingerprint density at radius 2 is 2.24 bits per heavy atom. The van der Waals surface area contributed by atoms with Gasteiger partial charge in [-0.05, 0) is 18.2 Å². The van der Waals surface area contributed by atoms with Crippen molar-refractivity contribution in [3.63, 3.8) is 0 Å². The van der Waals surface area contributed by atoms with Crippen LogP contribution in [0.25, 0.3) is 0 Å². The number of rotatable bonds is 3. The number of halogens is 3. The van der Waals surface area contributed by atoms with Gasteiger partial charge in [0, 0.05) is 6.54 Å². The summed E-state index contributed by atoms with van der Waals surface area (Å²) in [5.74, 6) is 0.484. The van der Waals surface area contributed by atoms with E-state index < -0.39 is 17.5 Å². The summed E-state index contributed by atoms with van der Waals surface area (Å²) in [4.78, 5) is 5.98. The van der Waals surface area contributed by atoms with Gasteiger partial charge in [-0.1, -0.05) is 17.8 Å². The second-order valence-corrected chi connectivity index (χ2v) is 5.84. The van der Waals surface area contributed by atoms with Gasteiger partial charge >= 0.3 is 6.18 Å². The van der Waals surface area contributed by atoms with Crippen LogP contribution in [0, 0.1) is 0 Å². The van der Waals surface area contributed by atoms with E-state index in [4.69, 9.17) is 4.74 Å². The van der Waals surface area contributed by atoms with Crippen LogP contribution in [-0.4, -0.2) is 46.3 Å². The van der Waals surface area contributed by atoms with Crippen molar-refractivity contribution in [3.05, 3.63) is 29.8 Å². The molecule has 2 aliphatic rings. The van der Waals surface area contributed by atoms with Gasteiger partial charge in [0.1, 0.15) is 12.4 Å². The Kier molecular flexibility index (Phi) is 3.53. The third kappa shape index (κ3) is 2.82. The molecule has 1 fully saturated rings. The summed E-state index contributed by atoms with van der Waals surface area (Å²) < 4.78 is 43.3. The highest BCUT2D eigenvalue weighted by Gasteiger charge is 2.45. The first-order chi connectivity index (χ1) is 9.88. The molecule has 1 aromatic carbocycles. The lowest BCUT2D eigenvalue weighted by Crippen LogP contribution is -2.51. The average molecular weight is 318 g/mol. The van der Waals surface area contributed by atoms with Crippen LogP contribution in [0.3, 0.4) is 0 Å². The van der Waals surface area contributed by atoms with Crippen molar-refractivity contribution in [1.29, 1.82) is 0 Å². The van der Waals surface area contributed by atoms with Gasteiger partial charge in [-0.3, -0.25) is 4.99 Å². The van der Waals surface area contributed by atoms with Crippen molar-refractivity contribution in [2.45, 2.75) is 11.9 Å². The molecule has 0 spiro atoms. The Hall–Kier alpha value is -1.41. The van der Waals surface area contributed by atoms with Crippen LogP contribution in [0.4, 0.5) is 13.2 Å². The highest BCUT2D eigenvalue weighted by molar-refractivity contribution is 8.14. The van der Waals surface area contributed by atoms with E-state index >= 15 is 0 Å². The number of alkyl halides is 3. The predicted molar refractivity (Wildman–Crippen MR) is 73.4 cm³/mol. The van der Waals surface area contributed by atoms with E-state index in [1.165, 1.54) is 23.9 Å². The van der Waals surface area contributed by atoms with E-state index in [0.29, 0.717) is 18.8 Å². The van der Waals surface area contributed by atoms with Crippen LogP contribution >= 0.6 is 11.8 Å². The van der Waals surface area contributed by atoms with E-state index in [1.807, 2.05) is 0 Å². The molecule has 1 unspecified atom stereocenters. The molecule has 2 aliphatic heterocycles. The third-order valence-electron chi connectivity index (χ3n) is 3.37. The van der Waals surface area contributed by atoms with Gasteiger partial charge in [-0.15, -0.1) is 0 Å². The molecule has 0 aliphatic carbocycles. The molecule has 0 amide bonds. The zero-order chi connectivity index (χ0) is 15.1. The standard InChI is InChI=1S/C13H13F3N2O2S/c14-13(15,16)9-2-1-3-10(6-9)20-7-12(19)8-21-11-17-4-5-18(11)12/h1-3,6,19H,4-5,7-8H2. The summed E-state index contributed by atoms with van der Waals surface area (Å²) in [5.41, 5.74) is -1.98. The molecule has 1 saturated heterocycles. The monoisotopic (exact) mass is 318 g/mol. The van der Waals surface area contributed by atoms with Crippen molar-refractivity contribution in [2.24, 2.45) is 4.99 Å². The van der Waals surface area contributed by atoms with E-state index in [2.05, 4.69) is 4.99 Å². The number of aliphatic imine (C=N–C) groups is 1. The van der Waals surface area contributed by atoms with Crippen LogP contribution in [0.15, 0.2) is 29.3 Å².